The van der Waals surface area contributed by atoms with Crippen molar-refractivity contribution >= 4 is 51.9 Å². The highest BCUT2D eigenvalue weighted by atomic mass is 35.5. The van der Waals surface area contributed by atoms with Gasteiger partial charge >= 0.3 is 0 Å². The summed E-state index contributed by atoms with van der Waals surface area (Å²) in [6, 6.07) is 15.5. The van der Waals surface area contributed by atoms with Gasteiger partial charge < -0.3 is 10.2 Å². The molecule has 2 aromatic rings. The average Bonchev–Trinajstić information content (AvgIpc) is 3.09. The lowest BCUT2D eigenvalue weighted by molar-refractivity contribution is -0.126. The lowest BCUT2D eigenvalue weighted by atomic mass is 10.2. The topological polar surface area (TPSA) is 82.1 Å². The first kappa shape index (κ1) is 21.3. The standard InChI is InChI=1S/C22H19ClN4O3S/c23-17-9-5-4-8-16(17)20(29)25-22-27(15-6-2-1-3-7-15)21(30)18(31-22)14-19(28)26-12-10-24-11-13-26/h1-9,14,24H,10-13H2. The van der Waals surface area contributed by atoms with E-state index in [1.807, 2.05) is 6.07 Å². The van der Waals surface area contributed by atoms with Crippen molar-refractivity contribution in [3.05, 3.63) is 76.2 Å². The van der Waals surface area contributed by atoms with Crippen LogP contribution in [0.5, 0.6) is 0 Å². The maximum Gasteiger partial charge on any atom is 0.280 e. The number of nitrogens with zero attached hydrogens (tertiary/aromatic N) is 3. The summed E-state index contributed by atoms with van der Waals surface area (Å²) in [6.07, 6.45) is 1.33. The summed E-state index contributed by atoms with van der Waals surface area (Å²) in [5, 5.41) is 3.65. The summed E-state index contributed by atoms with van der Waals surface area (Å²) in [6.45, 7) is 2.59. The highest BCUT2D eigenvalue weighted by Crippen LogP contribution is 2.35. The molecule has 2 aliphatic heterocycles. The molecule has 0 radical (unpaired) electrons. The normalized spacial score (nSPS) is 19.3. The number of amidine groups is 1. The van der Waals surface area contributed by atoms with Gasteiger partial charge in [0.1, 0.15) is 0 Å². The zero-order chi connectivity index (χ0) is 21.8. The molecule has 0 saturated carbocycles. The number of thioether (sulfide) groups is 1. The minimum atomic E-state index is -0.559. The molecule has 2 saturated heterocycles. The van der Waals surface area contributed by atoms with Gasteiger partial charge in [-0.15, -0.1) is 0 Å². The molecule has 0 aliphatic carbocycles. The number of para-hydroxylation sites is 1. The van der Waals surface area contributed by atoms with Crippen LogP contribution in [-0.2, 0) is 9.59 Å². The number of benzene rings is 2. The number of hydrogen-bond acceptors (Lipinski definition) is 5. The number of piperazine rings is 1. The van der Waals surface area contributed by atoms with Gasteiger partial charge in [-0.1, -0.05) is 41.9 Å². The SMILES string of the molecule is O=C(N=C1SC(=CC(=O)N2CCNCC2)C(=O)N1c1ccccc1)c1ccccc1Cl. The van der Waals surface area contributed by atoms with Crippen LogP contribution in [0.1, 0.15) is 10.4 Å². The molecule has 158 valence electrons. The van der Waals surface area contributed by atoms with E-state index in [1.54, 1.807) is 53.4 Å². The van der Waals surface area contributed by atoms with Crippen molar-refractivity contribution in [2.75, 3.05) is 31.1 Å². The van der Waals surface area contributed by atoms with Crippen molar-refractivity contribution in [2.24, 2.45) is 4.99 Å². The molecule has 0 spiro atoms. The van der Waals surface area contributed by atoms with E-state index in [0.29, 0.717) is 31.9 Å². The minimum Gasteiger partial charge on any atom is -0.337 e. The smallest absolute Gasteiger partial charge is 0.280 e. The van der Waals surface area contributed by atoms with Crippen LogP contribution in [-0.4, -0.2) is 54.0 Å². The molecule has 0 unspecified atom stereocenters. The second kappa shape index (κ2) is 9.47. The first-order chi connectivity index (χ1) is 15.0. The lowest BCUT2D eigenvalue weighted by Crippen LogP contribution is -2.46. The van der Waals surface area contributed by atoms with Crippen LogP contribution in [0.25, 0.3) is 0 Å². The predicted molar refractivity (Wildman–Crippen MR) is 122 cm³/mol. The molecule has 0 aromatic heterocycles. The molecule has 4 rings (SSSR count). The van der Waals surface area contributed by atoms with Gasteiger partial charge in [0.2, 0.25) is 5.91 Å². The molecule has 2 heterocycles. The molecule has 2 fully saturated rings. The van der Waals surface area contributed by atoms with E-state index in [1.165, 1.54) is 11.0 Å². The number of aliphatic imine (C=N–C) groups is 1. The van der Waals surface area contributed by atoms with Crippen molar-refractivity contribution in [1.29, 1.82) is 0 Å². The summed E-state index contributed by atoms with van der Waals surface area (Å²) >= 11 is 7.13. The van der Waals surface area contributed by atoms with Crippen LogP contribution in [0.4, 0.5) is 5.69 Å². The van der Waals surface area contributed by atoms with Crippen LogP contribution < -0.4 is 10.2 Å². The molecule has 1 N–H and O–H groups in total. The number of carbonyl (C=O) groups excluding carboxylic acids is 3. The van der Waals surface area contributed by atoms with Crippen molar-refractivity contribution in [3.63, 3.8) is 0 Å². The second-order valence-corrected chi connectivity index (χ2v) is 8.26. The Morgan fingerprint density at radius 1 is 1.03 bits per heavy atom. The van der Waals surface area contributed by atoms with Crippen molar-refractivity contribution in [2.45, 2.75) is 0 Å². The summed E-state index contributed by atoms with van der Waals surface area (Å²) in [4.78, 5) is 46.0. The predicted octanol–water partition coefficient (Wildman–Crippen LogP) is 2.93. The fourth-order valence-electron chi connectivity index (χ4n) is 3.22. The fourth-order valence-corrected chi connectivity index (χ4v) is 4.38. The zero-order valence-corrected chi connectivity index (χ0v) is 18.0. The summed E-state index contributed by atoms with van der Waals surface area (Å²) in [5.41, 5.74) is 0.802. The van der Waals surface area contributed by atoms with Crippen LogP contribution in [0, 0.1) is 0 Å². The molecule has 0 atom stereocenters. The highest BCUT2D eigenvalue weighted by Gasteiger charge is 2.36. The molecule has 0 bridgehead atoms. The number of nitrogens with one attached hydrogen (secondary N) is 1. The van der Waals surface area contributed by atoms with Gasteiger partial charge in [0.15, 0.2) is 5.17 Å². The number of carbonyl (C=O) groups is 3. The van der Waals surface area contributed by atoms with Crippen molar-refractivity contribution in [1.82, 2.24) is 10.2 Å². The Labute approximate surface area is 188 Å². The van der Waals surface area contributed by atoms with E-state index in [-0.39, 0.29) is 26.6 Å². The maximum atomic E-state index is 13.2. The second-order valence-electron chi connectivity index (χ2n) is 6.84. The van der Waals surface area contributed by atoms with Crippen LogP contribution in [0.15, 0.2) is 70.6 Å². The third-order valence-electron chi connectivity index (χ3n) is 4.81. The van der Waals surface area contributed by atoms with Gasteiger partial charge in [-0.3, -0.25) is 19.3 Å². The molecule has 9 heteroatoms. The molecule has 3 amide bonds. The van der Waals surface area contributed by atoms with E-state index in [2.05, 4.69) is 10.3 Å². The Balaban J connectivity index is 1.68. The fraction of sp³-hybridized carbons (Fsp3) is 0.182. The molecular formula is C22H19ClN4O3S. The number of amides is 3. The van der Waals surface area contributed by atoms with E-state index in [9.17, 15) is 14.4 Å². The number of rotatable bonds is 3. The summed E-state index contributed by atoms with van der Waals surface area (Å²) < 4.78 is 0. The van der Waals surface area contributed by atoms with Gasteiger partial charge in [0.25, 0.3) is 11.8 Å². The van der Waals surface area contributed by atoms with E-state index in [4.69, 9.17) is 11.6 Å². The first-order valence-electron chi connectivity index (χ1n) is 9.71. The zero-order valence-electron chi connectivity index (χ0n) is 16.5. The molecule has 2 aromatic carbocycles. The summed E-state index contributed by atoms with van der Waals surface area (Å²) in [5.74, 6) is -1.19. The molecular weight excluding hydrogens is 436 g/mol. The Kier molecular flexibility index (Phi) is 6.50. The van der Waals surface area contributed by atoms with Crippen molar-refractivity contribution in [3.8, 4) is 0 Å². The monoisotopic (exact) mass is 454 g/mol. The third-order valence-corrected chi connectivity index (χ3v) is 6.10. The van der Waals surface area contributed by atoms with E-state index >= 15 is 0 Å². The van der Waals surface area contributed by atoms with Gasteiger partial charge in [0, 0.05) is 32.3 Å². The van der Waals surface area contributed by atoms with Gasteiger partial charge in [-0.25, -0.2) is 0 Å². The highest BCUT2D eigenvalue weighted by molar-refractivity contribution is 8.19. The Morgan fingerprint density at radius 2 is 1.71 bits per heavy atom. The Morgan fingerprint density at radius 3 is 2.42 bits per heavy atom. The van der Waals surface area contributed by atoms with E-state index < -0.39 is 11.8 Å². The summed E-state index contributed by atoms with van der Waals surface area (Å²) in [7, 11) is 0. The van der Waals surface area contributed by atoms with Gasteiger partial charge in [0.05, 0.1) is 21.2 Å². The first-order valence-corrected chi connectivity index (χ1v) is 10.9. The van der Waals surface area contributed by atoms with E-state index in [0.717, 1.165) is 11.8 Å². The van der Waals surface area contributed by atoms with Crippen molar-refractivity contribution < 1.29 is 14.4 Å². The van der Waals surface area contributed by atoms with Gasteiger partial charge in [-0.2, -0.15) is 4.99 Å². The number of anilines is 1. The van der Waals surface area contributed by atoms with Crippen LogP contribution in [0.3, 0.4) is 0 Å². The maximum absolute atomic E-state index is 13.2. The average molecular weight is 455 g/mol. The third kappa shape index (κ3) is 4.71. The molecule has 7 nitrogen and oxygen atoms in total. The lowest BCUT2D eigenvalue weighted by Gasteiger charge is -2.26. The molecule has 2 aliphatic rings. The van der Waals surface area contributed by atoms with Crippen LogP contribution in [0.2, 0.25) is 5.02 Å². The minimum absolute atomic E-state index is 0.181. The molecule has 31 heavy (non-hydrogen) atoms. The number of halogens is 1. The van der Waals surface area contributed by atoms with Crippen LogP contribution >= 0.6 is 23.4 Å². The quantitative estimate of drug-likeness (QED) is 0.721. The Hall–Kier alpha value is -2.94. The number of hydrogen-bond donors (Lipinski definition) is 1. The Bertz CT molecular complexity index is 1080. The largest absolute Gasteiger partial charge is 0.337 e. The van der Waals surface area contributed by atoms with Gasteiger partial charge in [-0.05, 0) is 36.0 Å².